The minimum absolute atomic E-state index is 0.406. The Labute approximate surface area is 122 Å². The first-order valence-corrected chi connectivity index (χ1v) is 8.62. The Morgan fingerprint density at radius 1 is 1.26 bits per heavy atom. The zero-order chi connectivity index (χ0) is 13.9. The molecular weight excluding hydrogens is 250 g/mol. The Morgan fingerprint density at radius 2 is 1.95 bits per heavy atom. The molecule has 1 heterocycles. The van der Waals surface area contributed by atoms with Gasteiger partial charge in [-0.1, -0.05) is 26.8 Å². The van der Waals surface area contributed by atoms with Gasteiger partial charge in [-0.2, -0.15) is 0 Å². The second-order valence-electron chi connectivity index (χ2n) is 7.26. The first-order chi connectivity index (χ1) is 8.97. The van der Waals surface area contributed by atoms with E-state index >= 15 is 0 Å². The van der Waals surface area contributed by atoms with Crippen LogP contribution in [0.2, 0.25) is 0 Å². The van der Waals surface area contributed by atoms with Crippen molar-refractivity contribution in [1.82, 2.24) is 0 Å². The van der Waals surface area contributed by atoms with E-state index in [1.165, 1.54) is 30.6 Å². The summed E-state index contributed by atoms with van der Waals surface area (Å²) in [6.45, 7) is 7.15. The highest BCUT2D eigenvalue weighted by Gasteiger charge is 2.31. The fourth-order valence-electron chi connectivity index (χ4n) is 3.41. The SMILES string of the molecule is CC(C)(C)C1CCC(C(N)CCc2cccs2)CC1. The van der Waals surface area contributed by atoms with Crippen LogP contribution in [0.3, 0.4) is 0 Å². The van der Waals surface area contributed by atoms with E-state index in [4.69, 9.17) is 5.73 Å². The molecule has 2 rings (SSSR count). The van der Waals surface area contributed by atoms with Crippen LogP contribution in [0, 0.1) is 17.3 Å². The predicted molar refractivity (Wildman–Crippen MR) is 85.5 cm³/mol. The molecule has 1 fully saturated rings. The Hall–Kier alpha value is -0.340. The van der Waals surface area contributed by atoms with Gasteiger partial charge in [-0.3, -0.25) is 0 Å². The quantitative estimate of drug-likeness (QED) is 0.837. The molecule has 0 bridgehead atoms. The minimum atomic E-state index is 0.406. The summed E-state index contributed by atoms with van der Waals surface area (Å²) < 4.78 is 0. The van der Waals surface area contributed by atoms with E-state index in [0.717, 1.165) is 24.7 Å². The third-order valence-corrected chi connectivity index (χ3v) is 5.84. The smallest absolute Gasteiger partial charge is 0.00706 e. The number of hydrogen-bond donors (Lipinski definition) is 1. The molecular formula is C17H29NS. The third-order valence-electron chi connectivity index (χ3n) is 4.91. The van der Waals surface area contributed by atoms with E-state index in [9.17, 15) is 0 Å². The molecule has 1 nitrogen and oxygen atoms in total. The maximum absolute atomic E-state index is 6.42. The molecule has 1 aliphatic rings. The van der Waals surface area contributed by atoms with Crippen LogP contribution in [0.1, 0.15) is 57.8 Å². The van der Waals surface area contributed by atoms with E-state index in [2.05, 4.69) is 38.3 Å². The highest BCUT2D eigenvalue weighted by atomic mass is 32.1. The van der Waals surface area contributed by atoms with Crippen LogP contribution in [-0.2, 0) is 6.42 Å². The molecule has 0 spiro atoms. The van der Waals surface area contributed by atoms with Crippen LogP contribution in [0.25, 0.3) is 0 Å². The van der Waals surface area contributed by atoms with Gasteiger partial charge in [0.25, 0.3) is 0 Å². The summed E-state index contributed by atoms with van der Waals surface area (Å²) in [6.07, 6.45) is 7.76. The predicted octanol–water partition coefficient (Wildman–Crippen LogP) is 4.86. The fourth-order valence-corrected chi connectivity index (χ4v) is 4.14. The van der Waals surface area contributed by atoms with Crippen LogP contribution >= 0.6 is 11.3 Å². The van der Waals surface area contributed by atoms with Crippen molar-refractivity contribution in [3.8, 4) is 0 Å². The van der Waals surface area contributed by atoms with Gasteiger partial charge in [0, 0.05) is 10.9 Å². The van der Waals surface area contributed by atoms with Crippen molar-refractivity contribution in [2.75, 3.05) is 0 Å². The van der Waals surface area contributed by atoms with Gasteiger partial charge in [-0.25, -0.2) is 0 Å². The monoisotopic (exact) mass is 279 g/mol. The summed E-state index contributed by atoms with van der Waals surface area (Å²) in [5.41, 5.74) is 6.90. The summed E-state index contributed by atoms with van der Waals surface area (Å²) in [4.78, 5) is 1.49. The van der Waals surface area contributed by atoms with Crippen molar-refractivity contribution >= 4 is 11.3 Å². The highest BCUT2D eigenvalue weighted by Crippen LogP contribution is 2.40. The summed E-state index contributed by atoms with van der Waals surface area (Å²) >= 11 is 1.86. The van der Waals surface area contributed by atoms with Crippen LogP contribution in [0.15, 0.2) is 17.5 Å². The van der Waals surface area contributed by atoms with Crippen LogP contribution in [0.4, 0.5) is 0 Å². The van der Waals surface area contributed by atoms with Crippen LogP contribution < -0.4 is 5.73 Å². The van der Waals surface area contributed by atoms with Crippen molar-refractivity contribution in [1.29, 1.82) is 0 Å². The zero-order valence-electron chi connectivity index (χ0n) is 12.7. The molecule has 2 N–H and O–H groups in total. The Bertz CT molecular complexity index is 355. The molecule has 2 heteroatoms. The van der Waals surface area contributed by atoms with E-state index in [-0.39, 0.29) is 0 Å². The lowest BCUT2D eigenvalue weighted by atomic mass is 9.68. The summed E-state index contributed by atoms with van der Waals surface area (Å²) in [7, 11) is 0. The highest BCUT2D eigenvalue weighted by molar-refractivity contribution is 7.09. The molecule has 1 saturated carbocycles. The lowest BCUT2D eigenvalue weighted by Crippen LogP contribution is -2.35. The van der Waals surface area contributed by atoms with E-state index in [0.29, 0.717) is 11.5 Å². The van der Waals surface area contributed by atoms with Gasteiger partial charge < -0.3 is 5.73 Å². The molecule has 1 aromatic heterocycles. The maximum Gasteiger partial charge on any atom is 0.00706 e. The van der Waals surface area contributed by atoms with Gasteiger partial charge >= 0.3 is 0 Å². The average molecular weight is 279 g/mol. The van der Waals surface area contributed by atoms with Gasteiger partial charge in [0.15, 0.2) is 0 Å². The van der Waals surface area contributed by atoms with Gasteiger partial charge in [0.05, 0.1) is 0 Å². The van der Waals surface area contributed by atoms with Gasteiger partial charge in [0.1, 0.15) is 0 Å². The molecule has 0 radical (unpaired) electrons. The molecule has 19 heavy (non-hydrogen) atoms. The summed E-state index contributed by atoms with van der Waals surface area (Å²) in [5.74, 6) is 1.66. The van der Waals surface area contributed by atoms with Crippen molar-refractivity contribution in [2.24, 2.45) is 23.0 Å². The largest absolute Gasteiger partial charge is 0.327 e. The lowest BCUT2D eigenvalue weighted by Gasteiger charge is -2.38. The topological polar surface area (TPSA) is 26.0 Å². The maximum atomic E-state index is 6.42. The van der Waals surface area contributed by atoms with Crippen molar-refractivity contribution in [3.63, 3.8) is 0 Å². The lowest BCUT2D eigenvalue weighted by molar-refractivity contribution is 0.138. The molecule has 108 valence electrons. The Balaban J connectivity index is 1.74. The number of aryl methyl sites for hydroxylation is 1. The third kappa shape index (κ3) is 4.32. The molecule has 0 aromatic carbocycles. The van der Waals surface area contributed by atoms with E-state index in [1.807, 2.05) is 11.3 Å². The number of hydrogen-bond acceptors (Lipinski definition) is 2. The van der Waals surface area contributed by atoms with Crippen molar-refractivity contribution in [2.45, 2.75) is 65.3 Å². The first kappa shape index (κ1) is 15.1. The normalized spacial score (nSPS) is 26.3. The van der Waals surface area contributed by atoms with E-state index in [1.54, 1.807) is 0 Å². The second-order valence-corrected chi connectivity index (χ2v) is 8.29. The molecule has 1 aromatic rings. The number of thiophene rings is 1. The van der Waals surface area contributed by atoms with Crippen molar-refractivity contribution in [3.05, 3.63) is 22.4 Å². The fraction of sp³-hybridized carbons (Fsp3) is 0.765. The average Bonchev–Trinajstić information content (AvgIpc) is 2.88. The Morgan fingerprint density at radius 3 is 2.47 bits per heavy atom. The van der Waals surface area contributed by atoms with Crippen LogP contribution in [0.5, 0.6) is 0 Å². The summed E-state index contributed by atoms with van der Waals surface area (Å²) in [5, 5.41) is 2.16. The summed E-state index contributed by atoms with van der Waals surface area (Å²) in [6, 6.07) is 4.77. The molecule has 0 aliphatic heterocycles. The number of nitrogens with two attached hydrogens (primary N) is 1. The molecule has 0 saturated heterocycles. The first-order valence-electron chi connectivity index (χ1n) is 7.75. The molecule has 1 aliphatic carbocycles. The minimum Gasteiger partial charge on any atom is -0.327 e. The van der Waals surface area contributed by atoms with E-state index < -0.39 is 0 Å². The second kappa shape index (κ2) is 6.41. The van der Waals surface area contributed by atoms with Gasteiger partial charge in [-0.15, -0.1) is 11.3 Å². The molecule has 0 amide bonds. The Kier molecular flexibility index (Phi) is 5.08. The molecule has 1 unspecified atom stereocenters. The standard InChI is InChI=1S/C17H29NS/c1-17(2,3)14-8-6-13(7-9-14)16(18)11-10-15-5-4-12-19-15/h4-5,12-14,16H,6-11,18H2,1-3H3. The number of rotatable bonds is 4. The zero-order valence-corrected chi connectivity index (χ0v) is 13.5. The molecule has 1 atom stereocenters. The van der Waals surface area contributed by atoms with Gasteiger partial charge in [0.2, 0.25) is 0 Å². The van der Waals surface area contributed by atoms with Crippen LogP contribution in [-0.4, -0.2) is 6.04 Å². The van der Waals surface area contributed by atoms with Gasteiger partial charge in [-0.05, 0) is 67.2 Å². The van der Waals surface area contributed by atoms with Crippen molar-refractivity contribution < 1.29 is 0 Å².